The normalized spacial score (nSPS) is 12.5. The molecule has 1 rings (SSSR count). The summed E-state index contributed by atoms with van der Waals surface area (Å²) in [6.45, 7) is 15.4. The van der Waals surface area contributed by atoms with Gasteiger partial charge in [0.1, 0.15) is 0 Å². The van der Waals surface area contributed by atoms with Crippen LogP contribution in [0, 0.1) is 0 Å². The third kappa shape index (κ3) is 6.93. The number of nitrogens with zero attached hydrogens (tertiary/aromatic N) is 4. The Morgan fingerprint density at radius 2 is 1.95 bits per heavy atom. The first-order chi connectivity index (χ1) is 10.5. The van der Waals surface area contributed by atoms with E-state index in [-0.39, 0.29) is 0 Å². The third-order valence-corrected chi connectivity index (χ3v) is 3.52. The van der Waals surface area contributed by atoms with Crippen molar-refractivity contribution in [2.45, 2.75) is 53.2 Å². The average molecular weight is 308 g/mol. The number of hydrogen-bond donors (Lipinski definition) is 2. The Hall–Kier alpha value is -1.56. The van der Waals surface area contributed by atoms with Crippen molar-refractivity contribution < 1.29 is 0 Å². The van der Waals surface area contributed by atoms with E-state index >= 15 is 0 Å². The Bertz CT molecular complexity index is 402. The summed E-state index contributed by atoms with van der Waals surface area (Å²) in [7, 11) is 0. The van der Waals surface area contributed by atoms with Crippen LogP contribution in [0.5, 0.6) is 0 Å². The Kier molecular flexibility index (Phi) is 8.58. The summed E-state index contributed by atoms with van der Waals surface area (Å²) in [6, 6.07) is 1.10. The molecule has 0 bridgehead atoms. The molecule has 0 unspecified atom stereocenters. The van der Waals surface area contributed by atoms with E-state index in [2.05, 4.69) is 64.7 Å². The van der Waals surface area contributed by atoms with Gasteiger partial charge in [-0.1, -0.05) is 0 Å². The van der Waals surface area contributed by atoms with Crippen molar-refractivity contribution in [3.63, 3.8) is 0 Å². The van der Waals surface area contributed by atoms with Gasteiger partial charge in [0.2, 0.25) is 0 Å². The second-order valence-electron chi connectivity index (χ2n) is 5.91. The molecule has 0 saturated carbocycles. The van der Waals surface area contributed by atoms with Crippen molar-refractivity contribution in [3.05, 3.63) is 18.7 Å². The number of aromatic nitrogens is 2. The molecule has 1 heterocycles. The molecule has 0 aromatic carbocycles. The van der Waals surface area contributed by atoms with E-state index in [0.717, 1.165) is 38.7 Å². The zero-order valence-corrected chi connectivity index (χ0v) is 14.7. The minimum absolute atomic E-state index is 0.548. The maximum atomic E-state index is 4.66. The number of rotatable bonds is 9. The van der Waals surface area contributed by atoms with E-state index in [0.29, 0.717) is 12.1 Å². The molecule has 0 aliphatic heterocycles. The zero-order valence-electron chi connectivity index (χ0n) is 14.7. The number of aliphatic imine (C=N–C) groups is 1. The molecule has 0 radical (unpaired) electrons. The van der Waals surface area contributed by atoms with Gasteiger partial charge in [0, 0.05) is 50.7 Å². The molecule has 6 nitrogen and oxygen atoms in total. The van der Waals surface area contributed by atoms with Gasteiger partial charge in [-0.15, -0.1) is 0 Å². The van der Waals surface area contributed by atoms with Gasteiger partial charge >= 0.3 is 0 Å². The van der Waals surface area contributed by atoms with Gasteiger partial charge in [-0.25, -0.2) is 4.98 Å². The molecular formula is C16H32N6. The molecule has 6 heteroatoms. The Morgan fingerprint density at radius 3 is 2.50 bits per heavy atom. The maximum absolute atomic E-state index is 4.66. The zero-order chi connectivity index (χ0) is 16.4. The monoisotopic (exact) mass is 308 g/mol. The predicted molar refractivity (Wildman–Crippen MR) is 93.2 cm³/mol. The number of imidazole rings is 1. The lowest BCUT2D eigenvalue weighted by Gasteiger charge is -2.29. The van der Waals surface area contributed by atoms with Crippen LogP contribution in [-0.2, 0) is 6.54 Å². The molecule has 1 aromatic rings. The second kappa shape index (κ2) is 10.2. The van der Waals surface area contributed by atoms with Crippen LogP contribution in [-0.4, -0.2) is 58.7 Å². The smallest absolute Gasteiger partial charge is 0.191 e. The summed E-state index contributed by atoms with van der Waals surface area (Å²) in [4.78, 5) is 11.2. The fourth-order valence-electron chi connectivity index (χ4n) is 2.45. The van der Waals surface area contributed by atoms with Gasteiger partial charge in [-0.3, -0.25) is 9.89 Å². The highest BCUT2D eigenvalue weighted by Gasteiger charge is 2.12. The van der Waals surface area contributed by atoms with E-state index in [1.54, 1.807) is 6.20 Å². The minimum atomic E-state index is 0.548. The van der Waals surface area contributed by atoms with Gasteiger partial charge < -0.3 is 15.2 Å². The SMILES string of the molecule is CCNC(=NCCN(C(C)C)C(C)C)NCCn1ccnc1. The maximum Gasteiger partial charge on any atom is 0.191 e. The van der Waals surface area contributed by atoms with E-state index in [9.17, 15) is 0 Å². The molecule has 126 valence electrons. The largest absolute Gasteiger partial charge is 0.357 e. The standard InChI is InChI=1S/C16H32N6/c1-6-18-16(19-8-11-21-10-7-17-13-21)20-9-12-22(14(2)3)15(4)5/h7,10,13-15H,6,8-9,11-12H2,1-5H3,(H2,18,19,20). The van der Waals surface area contributed by atoms with Crippen LogP contribution in [0.2, 0.25) is 0 Å². The van der Waals surface area contributed by atoms with Gasteiger partial charge in [-0.05, 0) is 34.6 Å². The first-order valence-corrected chi connectivity index (χ1v) is 8.28. The van der Waals surface area contributed by atoms with Crippen LogP contribution in [0.3, 0.4) is 0 Å². The van der Waals surface area contributed by atoms with Crippen molar-refractivity contribution in [2.24, 2.45) is 4.99 Å². The van der Waals surface area contributed by atoms with Crippen LogP contribution in [0.25, 0.3) is 0 Å². The van der Waals surface area contributed by atoms with E-state index in [1.165, 1.54) is 0 Å². The lowest BCUT2D eigenvalue weighted by atomic mass is 10.2. The van der Waals surface area contributed by atoms with Crippen LogP contribution in [0.4, 0.5) is 0 Å². The van der Waals surface area contributed by atoms with E-state index < -0.39 is 0 Å². The molecule has 0 aliphatic carbocycles. The summed E-state index contributed by atoms with van der Waals surface area (Å²) in [5.41, 5.74) is 0. The van der Waals surface area contributed by atoms with Gasteiger partial charge in [0.15, 0.2) is 5.96 Å². The van der Waals surface area contributed by atoms with E-state index in [4.69, 9.17) is 0 Å². The highest BCUT2D eigenvalue weighted by atomic mass is 15.2. The first-order valence-electron chi connectivity index (χ1n) is 8.28. The number of nitrogens with one attached hydrogen (secondary N) is 2. The second-order valence-corrected chi connectivity index (χ2v) is 5.91. The molecule has 0 atom stereocenters. The van der Waals surface area contributed by atoms with Gasteiger partial charge in [0.25, 0.3) is 0 Å². The number of hydrogen-bond acceptors (Lipinski definition) is 3. The van der Waals surface area contributed by atoms with Crippen molar-refractivity contribution in [2.75, 3.05) is 26.2 Å². The lowest BCUT2D eigenvalue weighted by molar-refractivity contribution is 0.181. The highest BCUT2D eigenvalue weighted by Crippen LogP contribution is 2.03. The van der Waals surface area contributed by atoms with Crippen molar-refractivity contribution in [1.82, 2.24) is 25.1 Å². The summed E-state index contributed by atoms with van der Waals surface area (Å²) in [5, 5.41) is 6.65. The quantitative estimate of drug-likeness (QED) is 0.537. The molecule has 0 aliphatic rings. The molecular weight excluding hydrogens is 276 g/mol. The Labute approximate surface area is 135 Å². The van der Waals surface area contributed by atoms with Gasteiger partial charge in [0.05, 0.1) is 12.9 Å². The van der Waals surface area contributed by atoms with Crippen molar-refractivity contribution >= 4 is 5.96 Å². The molecule has 0 fully saturated rings. The van der Waals surface area contributed by atoms with Crippen LogP contribution in [0.1, 0.15) is 34.6 Å². The van der Waals surface area contributed by atoms with Crippen LogP contribution in [0.15, 0.2) is 23.7 Å². The highest BCUT2D eigenvalue weighted by molar-refractivity contribution is 5.79. The summed E-state index contributed by atoms with van der Waals surface area (Å²) in [5.74, 6) is 0.884. The average Bonchev–Trinajstić information content (AvgIpc) is 2.95. The first kappa shape index (κ1) is 18.5. The Morgan fingerprint density at radius 1 is 1.23 bits per heavy atom. The van der Waals surface area contributed by atoms with Crippen LogP contribution >= 0.6 is 0 Å². The summed E-state index contributed by atoms with van der Waals surface area (Å²) < 4.78 is 2.05. The summed E-state index contributed by atoms with van der Waals surface area (Å²) >= 11 is 0. The predicted octanol–water partition coefficient (Wildman–Crippen LogP) is 1.56. The fraction of sp³-hybridized carbons (Fsp3) is 0.750. The minimum Gasteiger partial charge on any atom is -0.357 e. The van der Waals surface area contributed by atoms with Gasteiger partial charge in [-0.2, -0.15) is 0 Å². The molecule has 0 amide bonds. The molecule has 22 heavy (non-hydrogen) atoms. The molecule has 0 saturated heterocycles. The third-order valence-electron chi connectivity index (χ3n) is 3.52. The summed E-state index contributed by atoms with van der Waals surface area (Å²) in [6.07, 6.45) is 5.59. The molecule has 2 N–H and O–H groups in total. The molecule has 1 aromatic heterocycles. The topological polar surface area (TPSA) is 57.5 Å². The van der Waals surface area contributed by atoms with Crippen molar-refractivity contribution in [1.29, 1.82) is 0 Å². The van der Waals surface area contributed by atoms with Crippen molar-refractivity contribution in [3.8, 4) is 0 Å². The fourth-order valence-corrected chi connectivity index (χ4v) is 2.45. The molecule has 0 spiro atoms. The Balaban J connectivity index is 2.40. The number of guanidine groups is 1. The van der Waals surface area contributed by atoms with E-state index in [1.807, 2.05) is 12.5 Å². The lowest BCUT2D eigenvalue weighted by Crippen LogP contribution is -2.41. The van der Waals surface area contributed by atoms with Crippen LogP contribution < -0.4 is 10.6 Å².